The lowest BCUT2D eigenvalue weighted by Crippen LogP contribution is -2.52. The van der Waals surface area contributed by atoms with Gasteiger partial charge in [0.15, 0.2) is 0 Å². The average molecular weight is 474 g/mol. The molecule has 10 nitrogen and oxygen atoms in total. The minimum atomic E-state index is -1.46. The third-order valence-electron chi connectivity index (χ3n) is 5.27. The molecular weight excluding hydrogens is 450 g/mol. The van der Waals surface area contributed by atoms with Gasteiger partial charge in [0.2, 0.25) is 5.91 Å². The minimum absolute atomic E-state index is 0. The van der Waals surface area contributed by atoms with Crippen molar-refractivity contribution in [2.45, 2.75) is 31.8 Å². The number of aliphatic carboxylic acids is 1. The largest absolute Gasteiger partial charge is 0.481 e. The molecule has 4 N–H and O–H groups in total. The van der Waals surface area contributed by atoms with Crippen LogP contribution in [0.2, 0.25) is 0 Å². The predicted octanol–water partition coefficient (Wildman–Crippen LogP) is 2.15. The third-order valence-corrected chi connectivity index (χ3v) is 5.27. The van der Waals surface area contributed by atoms with Crippen LogP contribution in [0.5, 0.6) is 0 Å². The first-order valence-corrected chi connectivity index (χ1v) is 9.76. The van der Waals surface area contributed by atoms with Crippen molar-refractivity contribution in [2.75, 3.05) is 0 Å². The number of carbonyl (C=O) groups excluding carboxylic acids is 3. The van der Waals surface area contributed by atoms with Crippen LogP contribution in [0.4, 0.5) is 4.79 Å². The molecule has 174 valence electrons. The van der Waals surface area contributed by atoms with Crippen LogP contribution < -0.4 is 11.2 Å². The summed E-state index contributed by atoms with van der Waals surface area (Å²) >= 11 is 0. The number of hydrazone groups is 1. The molecule has 33 heavy (non-hydrogen) atoms. The van der Waals surface area contributed by atoms with Gasteiger partial charge in [0, 0.05) is 6.92 Å². The Kier molecular flexibility index (Phi) is 7.78. The zero-order valence-electron chi connectivity index (χ0n) is 18.0. The summed E-state index contributed by atoms with van der Waals surface area (Å²) in [5.41, 5.74) is 0.188. The van der Waals surface area contributed by atoms with E-state index < -0.39 is 41.8 Å². The number of halogens is 1. The van der Waals surface area contributed by atoms with Crippen molar-refractivity contribution < 1.29 is 24.3 Å². The first-order valence-electron chi connectivity index (χ1n) is 9.76. The third kappa shape index (κ3) is 4.96. The molecule has 0 saturated carbocycles. The second-order valence-electron chi connectivity index (χ2n) is 7.46. The van der Waals surface area contributed by atoms with E-state index in [1.807, 2.05) is 0 Å². The lowest BCUT2D eigenvalue weighted by atomic mass is 9.91. The van der Waals surface area contributed by atoms with Crippen LogP contribution in [0, 0.1) is 0 Å². The SMILES string of the molecule is CC(=O)N(C(CC(=O)O)c1ccccc1)N1C(=O)NC(C)(c2ccc(C=NN)cc2)C1=O.Cl. The van der Waals surface area contributed by atoms with Gasteiger partial charge < -0.3 is 16.3 Å². The number of imide groups is 1. The Morgan fingerprint density at radius 1 is 1.18 bits per heavy atom. The number of benzene rings is 2. The molecule has 3 rings (SSSR count). The van der Waals surface area contributed by atoms with E-state index in [1.54, 1.807) is 54.6 Å². The number of hydrogen-bond acceptors (Lipinski definition) is 6. The maximum atomic E-state index is 13.5. The molecule has 0 aromatic heterocycles. The second kappa shape index (κ2) is 10.1. The van der Waals surface area contributed by atoms with Crippen molar-refractivity contribution in [1.29, 1.82) is 0 Å². The van der Waals surface area contributed by atoms with Gasteiger partial charge in [0.25, 0.3) is 5.91 Å². The van der Waals surface area contributed by atoms with E-state index in [1.165, 1.54) is 20.1 Å². The van der Waals surface area contributed by atoms with Crippen LogP contribution in [0.25, 0.3) is 0 Å². The highest BCUT2D eigenvalue weighted by molar-refractivity contribution is 6.08. The second-order valence-corrected chi connectivity index (χ2v) is 7.46. The van der Waals surface area contributed by atoms with Gasteiger partial charge in [-0.3, -0.25) is 14.4 Å². The van der Waals surface area contributed by atoms with Gasteiger partial charge in [0.1, 0.15) is 5.54 Å². The molecule has 2 aromatic rings. The first-order chi connectivity index (χ1) is 15.2. The molecular formula is C22H24ClN5O5. The Labute approximate surface area is 196 Å². The maximum absolute atomic E-state index is 13.5. The number of rotatable bonds is 7. The number of hydrazine groups is 1. The van der Waals surface area contributed by atoms with Crippen LogP contribution in [0.1, 0.15) is 43.0 Å². The molecule has 0 radical (unpaired) electrons. The summed E-state index contributed by atoms with van der Waals surface area (Å²) in [5, 5.41) is 17.1. The number of nitrogens with zero attached hydrogens (tertiary/aromatic N) is 3. The topological polar surface area (TPSA) is 145 Å². The van der Waals surface area contributed by atoms with E-state index in [0.717, 1.165) is 5.01 Å². The molecule has 4 amide bonds. The molecule has 2 aromatic carbocycles. The normalized spacial score (nSPS) is 18.5. The zero-order valence-corrected chi connectivity index (χ0v) is 18.8. The van der Waals surface area contributed by atoms with Crippen LogP contribution in [-0.4, -0.2) is 45.2 Å². The Balaban J connectivity index is 0.00000385. The smallest absolute Gasteiger partial charge is 0.344 e. The average Bonchev–Trinajstić information content (AvgIpc) is 2.98. The molecule has 0 bridgehead atoms. The van der Waals surface area contributed by atoms with Crippen molar-refractivity contribution in [3.8, 4) is 0 Å². The summed E-state index contributed by atoms with van der Waals surface area (Å²) in [6.07, 6.45) is 0.936. The number of nitrogens with one attached hydrogen (secondary N) is 1. The Morgan fingerprint density at radius 3 is 2.30 bits per heavy atom. The number of carbonyl (C=O) groups is 4. The summed E-state index contributed by atoms with van der Waals surface area (Å²) < 4.78 is 0. The minimum Gasteiger partial charge on any atom is -0.481 e. The molecule has 1 heterocycles. The zero-order chi connectivity index (χ0) is 23.5. The van der Waals surface area contributed by atoms with E-state index in [2.05, 4.69) is 10.4 Å². The molecule has 0 aliphatic carbocycles. The van der Waals surface area contributed by atoms with E-state index >= 15 is 0 Å². The monoisotopic (exact) mass is 473 g/mol. The predicted molar refractivity (Wildman–Crippen MR) is 122 cm³/mol. The van der Waals surface area contributed by atoms with Crippen molar-refractivity contribution >= 4 is 42.4 Å². The Hall–Kier alpha value is -3.92. The molecule has 2 unspecified atom stereocenters. The molecule has 2 atom stereocenters. The Morgan fingerprint density at radius 2 is 1.79 bits per heavy atom. The summed E-state index contributed by atoms with van der Waals surface area (Å²) in [7, 11) is 0. The van der Waals surface area contributed by atoms with Crippen LogP contribution >= 0.6 is 12.4 Å². The van der Waals surface area contributed by atoms with Crippen molar-refractivity contribution in [3.05, 3.63) is 71.3 Å². The van der Waals surface area contributed by atoms with Gasteiger partial charge in [-0.2, -0.15) is 10.1 Å². The van der Waals surface area contributed by atoms with E-state index in [-0.39, 0.29) is 12.4 Å². The van der Waals surface area contributed by atoms with Crippen LogP contribution in [-0.2, 0) is 19.9 Å². The maximum Gasteiger partial charge on any atom is 0.344 e. The van der Waals surface area contributed by atoms with Crippen LogP contribution in [0.15, 0.2) is 59.7 Å². The highest BCUT2D eigenvalue weighted by Gasteiger charge is 2.53. The van der Waals surface area contributed by atoms with Crippen molar-refractivity contribution in [1.82, 2.24) is 15.3 Å². The molecule has 1 aliphatic rings. The summed E-state index contributed by atoms with van der Waals surface area (Å²) in [4.78, 5) is 50.6. The van der Waals surface area contributed by atoms with Gasteiger partial charge in [-0.05, 0) is 23.6 Å². The first kappa shape index (κ1) is 25.3. The standard InChI is InChI=1S/C22H23N5O5.ClH/c1-14(28)26(18(12-19(29)30)16-6-4-3-5-7-16)27-20(31)22(2,25-21(27)32)17-10-8-15(9-11-17)13-24-23;/h3-11,13,18H,12,23H2,1-2H3,(H,25,32)(H,29,30);1H. The van der Waals surface area contributed by atoms with Gasteiger partial charge in [-0.1, -0.05) is 54.6 Å². The quantitative estimate of drug-likeness (QED) is 0.243. The summed E-state index contributed by atoms with van der Waals surface area (Å²) in [6.45, 7) is 2.70. The summed E-state index contributed by atoms with van der Waals surface area (Å²) in [5.74, 6) is 2.61. The number of carboxylic acid groups (broad SMARTS) is 1. The lowest BCUT2D eigenvalue weighted by Gasteiger charge is -2.35. The lowest BCUT2D eigenvalue weighted by molar-refractivity contribution is -0.162. The highest BCUT2D eigenvalue weighted by Crippen LogP contribution is 2.34. The number of carboxylic acids is 1. The number of urea groups is 1. The van der Waals surface area contributed by atoms with Crippen molar-refractivity contribution in [3.63, 3.8) is 0 Å². The van der Waals surface area contributed by atoms with Crippen LogP contribution in [0.3, 0.4) is 0 Å². The number of nitrogens with two attached hydrogens (primary N) is 1. The Bertz CT molecular complexity index is 1080. The van der Waals surface area contributed by atoms with Crippen molar-refractivity contribution in [2.24, 2.45) is 10.9 Å². The number of amides is 4. The number of hydrogen-bond donors (Lipinski definition) is 3. The highest BCUT2D eigenvalue weighted by atomic mass is 35.5. The van der Waals surface area contributed by atoms with Gasteiger partial charge >= 0.3 is 12.0 Å². The summed E-state index contributed by atoms with van der Waals surface area (Å²) in [6, 6.07) is 13.1. The van der Waals surface area contributed by atoms with Gasteiger partial charge in [-0.15, -0.1) is 12.4 Å². The molecule has 1 aliphatic heterocycles. The molecule has 1 saturated heterocycles. The van der Waals surface area contributed by atoms with E-state index in [0.29, 0.717) is 21.7 Å². The van der Waals surface area contributed by atoms with E-state index in [4.69, 9.17) is 5.84 Å². The fourth-order valence-electron chi connectivity index (χ4n) is 3.69. The van der Waals surface area contributed by atoms with E-state index in [9.17, 15) is 24.3 Å². The molecule has 0 spiro atoms. The fourth-order valence-corrected chi connectivity index (χ4v) is 3.69. The molecule has 11 heteroatoms. The van der Waals surface area contributed by atoms with Gasteiger partial charge in [-0.25, -0.2) is 9.80 Å². The molecule has 1 fully saturated rings. The van der Waals surface area contributed by atoms with Gasteiger partial charge in [0.05, 0.1) is 18.7 Å². The fraction of sp³-hybridized carbons (Fsp3) is 0.227.